The number of para-hydroxylation sites is 1. The predicted octanol–water partition coefficient (Wildman–Crippen LogP) is 4.58. The van der Waals surface area contributed by atoms with Gasteiger partial charge in [0, 0.05) is 25.5 Å². The van der Waals surface area contributed by atoms with Crippen LogP contribution in [0.1, 0.15) is 45.1 Å². The number of rotatable bonds is 7. The van der Waals surface area contributed by atoms with E-state index in [9.17, 15) is 0 Å². The smallest absolute Gasteiger partial charge is 0.229 e. The molecule has 2 aromatic rings. The first-order valence-electron chi connectivity index (χ1n) is 8.02. The van der Waals surface area contributed by atoms with Crippen LogP contribution in [0.15, 0.2) is 36.5 Å². The lowest BCUT2D eigenvalue weighted by Gasteiger charge is -2.19. The summed E-state index contributed by atoms with van der Waals surface area (Å²) in [5.74, 6) is 2.06. The Morgan fingerprint density at radius 1 is 1.18 bits per heavy atom. The van der Waals surface area contributed by atoms with Gasteiger partial charge in [-0.05, 0) is 30.0 Å². The SMILES string of the molecule is CCCCN(C)c1ccnc(Nc2ccccc2C(C)C)n1. The van der Waals surface area contributed by atoms with Gasteiger partial charge in [-0.25, -0.2) is 4.98 Å². The van der Waals surface area contributed by atoms with Crippen molar-refractivity contribution in [3.63, 3.8) is 0 Å². The van der Waals surface area contributed by atoms with Crippen LogP contribution < -0.4 is 10.2 Å². The summed E-state index contributed by atoms with van der Waals surface area (Å²) >= 11 is 0. The van der Waals surface area contributed by atoms with Crippen molar-refractivity contribution < 1.29 is 0 Å². The van der Waals surface area contributed by atoms with Gasteiger partial charge in [0.1, 0.15) is 5.82 Å². The molecule has 0 aliphatic rings. The van der Waals surface area contributed by atoms with Crippen molar-refractivity contribution in [3.05, 3.63) is 42.1 Å². The highest BCUT2D eigenvalue weighted by Gasteiger charge is 2.08. The molecule has 1 N–H and O–H groups in total. The van der Waals surface area contributed by atoms with Crippen LogP contribution in [-0.4, -0.2) is 23.6 Å². The van der Waals surface area contributed by atoms with E-state index in [-0.39, 0.29) is 0 Å². The minimum absolute atomic E-state index is 0.458. The Morgan fingerprint density at radius 2 is 1.95 bits per heavy atom. The van der Waals surface area contributed by atoms with Crippen molar-refractivity contribution in [3.8, 4) is 0 Å². The van der Waals surface area contributed by atoms with Crippen molar-refractivity contribution in [1.29, 1.82) is 0 Å². The Bertz CT molecular complexity index is 595. The maximum atomic E-state index is 4.63. The second-order valence-electron chi connectivity index (χ2n) is 5.88. The molecule has 0 unspecified atom stereocenters. The topological polar surface area (TPSA) is 41.1 Å². The van der Waals surface area contributed by atoms with E-state index in [1.165, 1.54) is 18.4 Å². The highest BCUT2D eigenvalue weighted by molar-refractivity contribution is 5.60. The molecule has 118 valence electrons. The summed E-state index contributed by atoms with van der Waals surface area (Å²) in [5, 5.41) is 3.36. The van der Waals surface area contributed by atoms with E-state index in [1.807, 2.05) is 18.3 Å². The van der Waals surface area contributed by atoms with Gasteiger partial charge in [-0.3, -0.25) is 0 Å². The van der Waals surface area contributed by atoms with Gasteiger partial charge in [0.2, 0.25) is 5.95 Å². The average molecular weight is 298 g/mol. The minimum atomic E-state index is 0.458. The zero-order valence-corrected chi connectivity index (χ0v) is 14.0. The molecule has 4 nitrogen and oxygen atoms in total. The van der Waals surface area contributed by atoms with Gasteiger partial charge in [-0.15, -0.1) is 0 Å². The molecule has 0 atom stereocenters. The first-order valence-corrected chi connectivity index (χ1v) is 8.02. The van der Waals surface area contributed by atoms with Gasteiger partial charge in [0.05, 0.1) is 0 Å². The number of anilines is 3. The summed E-state index contributed by atoms with van der Waals surface area (Å²) < 4.78 is 0. The van der Waals surface area contributed by atoms with E-state index in [0.29, 0.717) is 11.9 Å². The number of hydrogen-bond acceptors (Lipinski definition) is 4. The molecule has 1 aromatic carbocycles. The van der Waals surface area contributed by atoms with E-state index >= 15 is 0 Å². The zero-order chi connectivity index (χ0) is 15.9. The zero-order valence-electron chi connectivity index (χ0n) is 14.0. The van der Waals surface area contributed by atoms with Crippen LogP contribution in [0, 0.1) is 0 Å². The molecule has 2 rings (SSSR count). The predicted molar refractivity (Wildman–Crippen MR) is 94.0 cm³/mol. The molecule has 0 saturated heterocycles. The Hall–Kier alpha value is -2.10. The molecule has 22 heavy (non-hydrogen) atoms. The summed E-state index contributed by atoms with van der Waals surface area (Å²) in [7, 11) is 2.07. The summed E-state index contributed by atoms with van der Waals surface area (Å²) in [5.41, 5.74) is 2.35. The quantitative estimate of drug-likeness (QED) is 0.812. The highest BCUT2D eigenvalue weighted by atomic mass is 15.2. The third-order valence-electron chi connectivity index (χ3n) is 3.71. The second kappa shape index (κ2) is 7.78. The second-order valence-corrected chi connectivity index (χ2v) is 5.88. The van der Waals surface area contributed by atoms with Gasteiger partial charge in [0.15, 0.2) is 0 Å². The molecule has 0 radical (unpaired) electrons. The summed E-state index contributed by atoms with van der Waals surface area (Å²) in [6, 6.07) is 10.3. The van der Waals surface area contributed by atoms with Gasteiger partial charge >= 0.3 is 0 Å². The van der Waals surface area contributed by atoms with Crippen molar-refractivity contribution in [1.82, 2.24) is 9.97 Å². The fourth-order valence-corrected chi connectivity index (χ4v) is 2.37. The Balaban J connectivity index is 2.17. The first-order chi connectivity index (χ1) is 10.6. The van der Waals surface area contributed by atoms with Crippen LogP contribution in [0.3, 0.4) is 0 Å². The number of nitrogens with one attached hydrogen (secondary N) is 1. The maximum Gasteiger partial charge on any atom is 0.229 e. The van der Waals surface area contributed by atoms with E-state index < -0.39 is 0 Å². The highest BCUT2D eigenvalue weighted by Crippen LogP contribution is 2.26. The summed E-state index contributed by atoms with van der Waals surface area (Å²) in [6.07, 6.45) is 4.16. The molecule has 0 aliphatic carbocycles. The molecule has 1 heterocycles. The number of hydrogen-bond donors (Lipinski definition) is 1. The summed E-state index contributed by atoms with van der Waals surface area (Å²) in [4.78, 5) is 11.1. The monoisotopic (exact) mass is 298 g/mol. The van der Waals surface area contributed by atoms with E-state index in [1.54, 1.807) is 0 Å². The average Bonchev–Trinajstić information content (AvgIpc) is 2.53. The lowest BCUT2D eigenvalue weighted by atomic mass is 10.0. The van der Waals surface area contributed by atoms with Crippen molar-refractivity contribution in [2.24, 2.45) is 0 Å². The normalized spacial score (nSPS) is 10.8. The van der Waals surface area contributed by atoms with Gasteiger partial charge in [0.25, 0.3) is 0 Å². The fourth-order valence-electron chi connectivity index (χ4n) is 2.37. The molecule has 4 heteroatoms. The number of nitrogens with zero attached hydrogens (tertiary/aromatic N) is 3. The third kappa shape index (κ3) is 4.20. The van der Waals surface area contributed by atoms with Crippen molar-refractivity contribution >= 4 is 17.5 Å². The van der Waals surface area contributed by atoms with Crippen molar-refractivity contribution in [2.45, 2.75) is 39.5 Å². The first kappa shape index (κ1) is 16.3. The molecule has 0 spiro atoms. The molecule has 0 amide bonds. The van der Waals surface area contributed by atoms with Crippen molar-refractivity contribution in [2.75, 3.05) is 23.8 Å². The largest absolute Gasteiger partial charge is 0.360 e. The molecule has 0 saturated carbocycles. The lowest BCUT2D eigenvalue weighted by Crippen LogP contribution is -2.20. The van der Waals surface area contributed by atoms with Crippen LogP contribution in [0.2, 0.25) is 0 Å². The van der Waals surface area contributed by atoms with Crippen LogP contribution in [0.5, 0.6) is 0 Å². The Labute approximate surface area is 133 Å². The van der Waals surface area contributed by atoms with Gasteiger partial charge in [-0.2, -0.15) is 4.98 Å². The molecular formula is C18H26N4. The number of aromatic nitrogens is 2. The van der Waals surface area contributed by atoms with E-state index in [4.69, 9.17) is 0 Å². The van der Waals surface area contributed by atoms with Crippen LogP contribution >= 0.6 is 0 Å². The molecule has 0 aliphatic heterocycles. The number of benzene rings is 1. The van der Waals surface area contributed by atoms with Gasteiger partial charge < -0.3 is 10.2 Å². The standard InChI is InChI=1S/C18H26N4/c1-5-6-13-22(4)17-11-12-19-18(21-17)20-16-10-8-7-9-15(16)14(2)3/h7-12,14H,5-6,13H2,1-4H3,(H,19,20,21). The molecular weight excluding hydrogens is 272 g/mol. The van der Waals surface area contributed by atoms with Crippen LogP contribution in [0.25, 0.3) is 0 Å². The van der Waals surface area contributed by atoms with E-state index in [0.717, 1.165) is 18.1 Å². The minimum Gasteiger partial charge on any atom is -0.360 e. The maximum absolute atomic E-state index is 4.63. The summed E-state index contributed by atoms with van der Waals surface area (Å²) in [6.45, 7) is 7.59. The van der Waals surface area contributed by atoms with Gasteiger partial charge in [-0.1, -0.05) is 45.4 Å². The lowest BCUT2D eigenvalue weighted by molar-refractivity contribution is 0.759. The Morgan fingerprint density at radius 3 is 2.68 bits per heavy atom. The molecule has 0 fully saturated rings. The van der Waals surface area contributed by atoms with E-state index in [2.05, 4.69) is 66.2 Å². The van der Waals surface area contributed by atoms with Crippen LogP contribution in [0.4, 0.5) is 17.5 Å². The molecule has 0 bridgehead atoms. The molecule has 1 aromatic heterocycles. The number of unbranched alkanes of at least 4 members (excludes halogenated alkanes) is 1. The Kier molecular flexibility index (Phi) is 5.75. The van der Waals surface area contributed by atoms with Crippen LogP contribution in [-0.2, 0) is 0 Å². The third-order valence-corrected chi connectivity index (χ3v) is 3.71. The fraction of sp³-hybridized carbons (Fsp3) is 0.444.